The highest BCUT2D eigenvalue weighted by molar-refractivity contribution is 5.94. The molecule has 0 atom stereocenters. The topological polar surface area (TPSA) is 182 Å². The number of amidine groups is 1. The number of pyridine rings is 1. The van der Waals surface area contributed by atoms with Crippen LogP contribution in [0.15, 0.2) is 53.5 Å². The third kappa shape index (κ3) is 6.25. The van der Waals surface area contributed by atoms with Gasteiger partial charge in [-0.3, -0.25) is 20.4 Å². The van der Waals surface area contributed by atoms with Gasteiger partial charge in [0.2, 0.25) is 5.91 Å². The second-order valence-electron chi connectivity index (χ2n) is 8.43. The molecule has 2 aromatic carbocycles. The van der Waals surface area contributed by atoms with E-state index in [9.17, 15) is 9.59 Å². The van der Waals surface area contributed by atoms with E-state index < -0.39 is 5.91 Å². The summed E-state index contributed by atoms with van der Waals surface area (Å²) in [6.45, 7) is 3.38. The van der Waals surface area contributed by atoms with Crippen LogP contribution >= 0.6 is 0 Å². The van der Waals surface area contributed by atoms with Crippen molar-refractivity contribution in [2.45, 2.75) is 26.4 Å². The maximum atomic E-state index is 13.5. The molecule has 1 aromatic heterocycles. The monoisotopic (exact) mass is 476 g/mol. The van der Waals surface area contributed by atoms with E-state index in [1.165, 1.54) is 0 Å². The van der Waals surface area contributed by atoms with Crippen molar-refractivity contribution in [3.05, 3.63) is 81.1 Å². The SMILES string of the molecule is CCN(C)NCc1cn(Cc2ccc(C(=N)N)cc2)c(-c2cc(N)cc(N)c2)c(CC(N)=O)c1=O. The molecular weight excluding hydrogens is 444 g/mol. The molecular formula is C25H32N8O2. The molecule has 10 N–H and O–H groups in total. The summed E-state index contributed by atoms with van der Waals surface area (Å²) in [7, 11) is 1.88. The minimum absolute atomic E-state index is 0.0204. The first-order valence-corrected chi connectivity index (χ1v) is 11.2. The van der Waals surface area contributed by atoms with Gasteiger partial charge in [0, 0.05) is 66.5 Å². The zero-order valence-corrected chi connectivity index (χ0v) is 20.0. The number of nitrogens with zero attached hydrogens (tertiary/aromatic N) is 2. The Morgan fingerprint density at radius 1 is 1.09 bits per heavy atom. The molecule has 0 aliphatic rings. The lowest BCUT2D eigenvalue weighted by molar-refractivity contribution is -0.117. The van der Waals surface area contributed by atoms with Crippen LogP contribution in [-0.4, -0.2) is 34.9 Å². The predicted molar refractivity (Wildman–Crippen MR) is 140 cm³/mol. The summed E-state index contributed by atoms with van der Waals surface area (Å²) < 4.78 is 1.90. The zero-order chi connectivity index (χ0) is 25.7. The molecule has 35 heavy (non-hydrogen) atoms. The molecule has 0 fully saturated rings. The third-order valence-electron chi connectivity index (χ3n) is 5.68. The van der Waals surface area contributed by atoms with Crippen LogP contribution in [0.3, 0.4) is 0 Å². The van der Waals surface area contributed by atoms with Crippen LogP contribution < -0.4 is 33.8 Å². The van der Waals surface area contributed by atoms with E-state index in [-0.39, 0.29) is 29.8 Å². The lowest BCUT2D eigenvalue weighted by Gasteiger charge is -2.22. The number of carbonyl (C=O) groups excluding carboxylic acids is 1. The summed E-state index contributed by atoms with van der Waals surface area (Å²) in [5, 5.41) is 9.48. The maximum Gasteiger partial charge on any atom is 0.222 e. The quantitative estimate of drug-likeness (QED) is 0.109. The summed E-state index contributed by atoms with van der Waals surface area (Å²) in [6, 6.07) is 12.3. The predicted octanol–water partition coefficient (Wildman–Crippen LogP) is 0.996. The molecule has 0 saturated heterocycles. The number of amides is 1. The second kappa shape index (κ2) is 10.9. The number of nitrogens with two attached hydrogens (primary N) is 4. The lowest BCUT2D eigenvalue weighted by atomic mass is 9.98. The van der Waals surface area contributed by atoms with E-state index in [0.29, 0.717) is 40.3 Å². The number of hydrazine groups is 1. The van der Waals surface area contributed by atoms with Crippen LogP contribution in [0.2, 0.25) is 0 Å². The molecule has 184 valence electrons. The second-order valence-corrected chi connectivity index (χ2v) is 8.43. The normalized spacial score (nSPS) is 11.1. The summed E-state index contributed by atoms with van der Waals surface area (Å²) in [4.78, 5) is 25.5. The molecule has 0 aliphatic carbocycles. The third-order valence-corrected chi connectivity index (χ3v) is 5.68. The van der Waals surface area contributed by atoms with Crippen molar-refractivity contribution in [1.29, 1.82) is 5.41 Å². The van der Waals surface area contributed by atoms with Gasteiger partial charge in [0.05, 0.1) is 12.1 Å². The van der Waals surface area contributed by atoms with Crippen molar-refractivity contribution < 1.29 is 4.79 Å². The van der Waals surface area contributed by atoms with Crippen molar-refractivity contribution in [1.82, 2.24) is 15.0 Å². The number of primary amides is 1. The first-order chi connectivity index (χ1) is 16.6. The highest BCUT2D eigenvalue weighted by Crippen LogP contribution is 2.28. The van der Waals surface area contributed by atoms with E-state index in [2.05, 4.69) is 5.43 Å². The molecule has 0 aliphatic heterocycles. The fourth-order valence-corrected chi connectivity index (χ4v) is 3.85. The molecule has 0 spiro atoms. The van der Waals surface area contributed by atoms with Gasteiger partial charge in [-0.15, -0.1) is 0 Å². The van der Waals surface area contributed by atoms with Crippen molar-refractivity contribution in [3.8, 4) is 11.3 Å². The first kappa shape index (κ1) is 25.5. The van der Waals surface area contributed by atoms with Crippen LogP contribution in [0.4, 0.5) is 11.4 Å². The van der Waals surface area contributed by atoms with E-state index in [1.54, 1.807) is 36.5 Å². The maximum absolute atomic E-state index is 13.5. The van der Waals surface area contributed by atoms with Gasteiger partial charge in [-0.05, 0) is 23.8 Å². The molecule has 3 rings (SSSR count). The molecule has 1 heterocycles. The Labute approximate surface area is 204 Å². The molecule has 0 radical (unpaired) electrons. The molecule has 3 aromatic rings. The van der Waals surface area contributed by atoms with E-state index in [0.717, 1.165) is 12.1 Å². The van der Waals surface area contributed by atoms with Crippen LogP contribution in [0.5, 0.6) is 0 Å². The standard InChI is InChI=1S/C25H32N8O2/c1-3-32(2)31-12-18-14-33(13-15-4-6-16(7-5-15)25(29)30)23(21(24(18)35)11-22(28)34)17-8-19(26)10-20(27)9-17/h4-10,14,31H,3,11-13,26-27H2,1-2H3,(H2,28,34)(H3,29,30). The van der Waals surface area contributed by atoms with Crippen molar-refractivity contribution in [3.63, 3.8) is 0 Å². The number of hydrogen-bond acceptors (Lipinski definition) is 7. The lowest BCUT2D eigenvalue weighted by Crippen LogP contribution is -2.36. The molecule has 1 amide bonds. The van der Waals surface area contributed by atoms with Crippen LogP contribution in [-0.2, 0) is 24.3 Å². The van der Waals surface area contributed by atoms with Gasteiger partial charge in [-0.25, -0.2) is 5.01 Å². The van der Waals surface area contributed by atoms with Crippen molar-refractivity contribution in [2.24, 2.45) is 11.5 Å². The largest absolute Gasteiger partial charge is 0.399 e. The van der Waals surface area contributed by atoms with Gasteiger partial charge >= 0.3 is 0 Å². The number of carbonyl (C=O) groups is 1. The smallest absolute Gasteiger partial charge is 0.222 e. The molecule has 10 nitrogen and oxygen atoms in total. The van der Waals surface area contributed by atoms with Crippen molar-refractivity contribution >= 4 is 23.1 Å². The fourth-order valence-electron chi connectivity index (χ4n) is 3.85. The number of hydrogen-bond donors (Lipinski definition) is 6. The van der Waals surface area contributed by atoms with Gasteiger partial charge in [0.1, 0.15) is 5.84 Å². The first-order valence-electron chi connectivity index (χ1n) is 11.2. The Kier molecular flexibility index (Phi) is 7.90. The molecule has 0 saturated carbocycles. The fraction of sp³-hybridized carbons (Fsp3) is 0.240. The Hall–Kier alpha value is -4.15. The summed E-state index contributed by atoms with van der Waals surface area (Å²) in [5.74, 6) is -0.638. The molecule has 0 unspecified atom stereocenters. The molecule has 0 bridgehead atoms. The average Bonchev–Trinajstić information content (AvgIpc) is 2.79. The van der Waals surface area contributed by atoms with E-state index in [4.69, 9.17) is 28.3 Å². The summed E-state index contributed by atoms with van der Waals surface area (Å²) in [6.07, 6.45) is 1.54. The van der Waals surface area contributed by atoms with Gasteiger partial charge in [-0.2, -0.15) is 0 Å². The van der Waals surface area contributed by atoms with Gasteiger partial charge in [0.25, 0.3) is 0 Å². The Morgan fingerprint density at radius 2 is 1.71 bits per heavy atom. The van der Waals surface area contributed by atoms with E-state index in [1.807, 2.05) is 35.7 Å². The zero-order valence-electron chi connectivity index (χ0n) is 20.0. The minimum atomic E-state index is -0.617. The number of rotatable bonds is 10. The number of anilines is 2. The van der Waals surface area contributed by atoms with Crippen LogP contribution in [0, 0.1) is 5.41 Å². The Morgan fingerprint density at radius 3 is 2.26 bits per heavy atom. The van der Waals surface area contributed by atoms with Gasteiger partial charge in [-0.1, -0.05) is 31.2 Å². The average molecular weight is 477 g/mol. The van der Waals surface area contributed by atoms with Crippen LogP contribution in [0.25, 0.3) is 11.3 Å². The van der Waals surface area contributed by atoms with Gasteiger partial charge < -0.3 is 27.5 Å². The number of aromatic nitrogens is 1. The van der Waals surface area contributed by atoms with Gasteiger partial charge in [0.15, 0.2) is 5.43 Å². The van der Waals surface area contributed by atoms with Crippen LogP contribution in [0.1, 0.15) is 29.2 Å². The Balaban J connectivity index is 2.23. The highest BCUT2D eigenvalue weighted by atomic mass is 16.1. The van der Waals surface area contributed by atoms with E-state index >= 15 is 0 Å². The highest BCUT2D eigenvalue weighted by Gasteiger charge is 2.20. The van der Waals surface area contributed by atoms with Crippen molar-refractivity contribution in [2.75, 3.05) is 25.1 Å². The Bertz CT molecular complexity index is 1280. The number of nitrogen functional groups attached to an aromatic ring is 3. The number of benzene rings is 2. The molecule has 10 heteroatoms. The summed E-state index contributed by atoms with van der Waals surface area (Å²) >= 11 is 0. The minimum Gasteiger partial charge on any atom is -0.399 e. The summed E-state index contributed by atoms with van der Waals surface area (Å²) in [5.41, 5.74) is 30.5. The number of nitrogens with one attached hydrogen (secondary N) is 2.